The minimum Gasteiger partial charge on any atom is -0.494 e. The Morgan fingerprint density at radius 1 is 1.45 bits per heavy atom. The van der Waals surface area contributed by atoms with Crippen molar-refractivity contribution in [2.75, 3.05) is 6.61 Å². The fraction of sp³-hybridized carbons (Fsp3) is 0.429. The lowest BCUT2D eigenvalue weighted by molar-refractivity contribution is -0.134. The lowest BCUT2D eigenvalue weighted by Gasteiger charge is -2.13. The number of benzene rings is 1. The molecule has 1 aromatic carbocycles. The van der Waals surface area contributed by atoms with Crippen molar-refractivity contribution >= 4 is 11.8 Å². The molecule has 20 heavy (non-hydrogen) atoms. The highest BCUT2D eigenvalue weighted by Crippen LogP contribution is 2.54. The zero-order chi connectivity index (χ0) is 14.8. The molecule has 1 aliphatic carbocycles. The molecule has 2 atom stereocenters. The van der Waals surface area contributed by atoms with Crippen molar-refractivity contribution in [2.24, 2.45) is 17.1 Å². The largest absolute Gasteiger partial charge is 0.494 e. The van der Waals surface area contributed by atoms with E-state index in [1.54, 1.807) is 5.48 Å². The molecule has 108 valence electrons. The molecule has 6 heteroatoms. The normalized spacial score (nSPS) is 24.0. The fourth-order valence-corrected chi connectivity index (χ4v) is 2.52. The molecule has 0 radical (unpaired) electrons. The molecule has 0 spiro atoms. The zero-order valence-corrected chi connectivity index (χ0v) is 11.3. The zero-order valence-electron chi connectivity index (χ0n) is 11.3. The van der Waals surface area contributed by atoms with Gasteiger partial charge < -0.3 is 10.5 Å². The smallest absolute Gasteiger partial charge is 0.247 e. The lowest BCUT2D eigenvalue weighted by Crippen LogP contribution is -2.33. The lowest BCUT2D eigenvalue weighted by atomic mass is 9.93. The van der Waals surface area contributed by atoms with Crippen molar-refractivity contribution in [2.45, 2.75) is 19.8 Å². The van der Waals surface area contributed by atoms with Crippen molar-refractivity contribution in [3.8, 4) is 5.75 Å². The second kappa shape index (κ2) is 5.50. The van der Waals surface area contributed by atoms with Gasteiger partial charge in [0.15, 0.2) is 0 Å². The quantitative estimate of drug-likeness (QED) is 0.524. The third kappa shape index (κ3) is 2.60. The molecule has 6 nitrogen and oxygen atoms in total. The van der Waals surface area contributed by atoms with Crippen LogP contribution in [-0.4, -0.2) is 23.6 Å². The molecule has 2 rings (SSSR count). The Kier molecular flexibility index (Phi) is 3.94. The van der Waals surface area contributed by atoms with Crippen molar-refractivity contribution in [1.82, 2.24) is 5.48 Å². The molecule has 1 aliphatic rings. The van der Waals surface area contributed by atoms with Crippen LogP contribution in [0.1, 0.15) is 18.9 Å². The number of nitrogens with one attached hydrogen (secondary N) is 1. The number of hydrogen-bond donors (Lipinski definition) is 3. The summed E-state index contributed by atoms with van der Waals surface area (Å²) >= 11 is 0. The number of nitrogens with two attached hydrogens (primary N) is 1. The van der Waals surface area contributed by atoms with Gasteiger partial charge >= 0.3 is 0 Å². The average Bonchev–Trinajstić information content (AvgIpc) is 3.16. The monoisotopic (exact) mass is 278 g/mol. The molecule has 1 saturated carbocycles. The van der Waals surface area contributed by atoms with Crippen LogP contribution in [0.3, 0.4) is 0 Å². The standard InChI is InChI=1S/C14H18N2O4/c1-2-20-10-5-3-9(4-6-10)7-14(13(15)18)8-11(14)12(17)16-19/h3-6,11,19H,2,7-8H2,1H3,(H2,15,18)(H,16,17)/t11-,14+/m1/s1. The third-order valence-corrected chi connectivity index (χ3v) is 3.75. The van der Waals surface area contributed by atoms with E-state index in [1.165, 1.54) is 0 Å². The molecule has 0 aromatic heterocycles. The molecular formula is C14H18N2O4. The van der Waals surface area contributed by atoms with Gasteiger partial charge in [-0.3, -0.25) is 14.8 Å². The molecule has 4 N–H and O–H groups in total. The van der Waals surface area contributed by atoms with Crippen LogP contribution in [0.15, 0.2) is 24.3 Å². The highest BCUT2D eigenvalue weighted by molar-refractivity contribution is 5.95. The topological polar surface area (TPSA) is 102 Å². The molecule has 2 amide bonds. The Bertz CT molecular complexity index is 514. The van der Waals surface area contributed by atoms with Crippen molar-refractivity contribution in [3.63, 3.8) is 0 Å². The minimum atomic E-state index is -0.889. The van der Waals surface area contributed by atoms with Gasteiger partial charge in [0.05, 0.1) is 17.9 Å². The summed E-state index contributed by atoms with van der Waals surface area (Å²) in [4.78, 5) is 23.1. The summed E-state index contributed by atoms with van der Waals surface area (Å²) in [6, 6.07) is 7.33. The van der Waals surface area contributed by atoms with Gasteiger partial charge in [-0.05, 0) is 37.5 Å². The predicted molar refractivity (Wildman–Crippen MR) is 71.0 cm³/mol. The van der Waals surface area contributed by atoms with Crippen LogP contribution in [0.25, 0.3) is 0 Å². The first-order chi connectivity index (χ1) is 9.53. The predicted octanol–water partition coefficient (Wildman–Crippen LogP) is 0.625. The number of hydrogen-bond acceptors (Lipinski definition) is 4. The molecule has 0 unspecified atom stereocenters. The summed E-state index contributed by atoms with van der Waals surface area (Å²) in [7, 11) is 0. The van der Waals surface area contributed by atoms with Gasteiger partial charge in [-0.25, -0.2) is 5.48 Å². The van der Waals surface area contributed by atoms with E-state index in [1.807, 2.05) is 31.2 Å². The number of rotatable bonds is 6. The number of hydroxylamine groups is 1. The number of primary amides is 1. The van der Waals surface area contributed by atoms with Gasteiger partial charge in [-0.1, -0.05) is 12.1 Å². The van der Waals surface area contributed by atoms with E-state index in [2.05, 4.69) is 0 Å². The van der Waals surface area contributed by atoms with E-state index in [4.69, 9.17) is 15.7 Å². The molecule has 0 saturated heterocycles. The van der Waals surface area contributed by atoms with Crippen LogP contribution >= 0.6 is 0 Å². The number of carbonyl (C=O) groups is 2. The number of ether oxygens (including phenoxy) is 1. The second-order valence-electron chi connectivity index (χ2n) is 5.01. The van der Waals surface area contributed by atoms with E-state index in [0.717, 1.165) is 11.3 Å². The van der Waals surface area contributed by atoms with Gasteiger partial charge in [0.2, 0.25) is 11.8 Å². The summed E-state index contributed by atoms with van der Waals surface area (Å²) in [5.41, 5.74) is 7.01. The minimum absolute atomic E-state index is 0.363. The van der Waals surface area contributed by atoms with Gasteiger partial charge in [0, 0.05) is 0 Å². The van der Waals surface area contributed by atoms with Gasteiger partial charge in [-0.15, -0.1) is 0 Å². The van der Waals surface area contributed by atoms with E-state index >= 15 is 0 Å². The Morgan fingerprint density at radius 3 is 2.60 bits per heavy atom. The Morgan fingerprint density at radius 2 is 2.10 bits per heavy atom. The fourth-order valence-electron chi connectivity index (χ4n) is 2.52. The van der Waals surface area contributed by atoms with E-state index < -0.39 is 23.1 Å². The summed E-state index contributed by atoms with van der Waals surface area (Å²) in [5, 5.41) is 8.65. The van der Waals surface area contributed by atoms with Crippen LogP contribution < -0.4 is 16.0 Å². The first kappa shape index (κ1) is 14.3. The van der Waals surface area contributed by atoms with E-state index in [-0.39, 0.29) is 0 Å². The second-order valence-corrected chi connectivity index (χ2v) is 5.01. The SMILES string of the molecule is CCOc1ccc(C[C@]2(C(N)=O)C[C@@H]2C(=O)NO)cc1. The highest BCUT2D eigenvalue weighted by Gasteiger charge is 2.62. The van der Waals surface area contributed by atoms with Crippen LogP contribution in [-0.2, 0) is 16.0 Å². The van der Waals surface area contributed by atoms with Gasteiger partial charge in [-0.2, -0.15) is 0 Å². The van der Waals surface area contributed by atoms with Crippen LogP contribution in [0.5, 0.6) is 5.75 Å². The van der Waals surface area contributed by atoms with Crippen LogP contribution in [0.4, 0.5) is 0 Å². The summed E-state index contributed by atoms with van der Waals surface area (Å²) < 4.78 is 5.34. The maximum Gasteiger partial charge on any atom is 0.247 e. The Balaban J connectivity index is 2.11. The Labute approximate surface area is 116 Å². The summed E-state index contributed by atoms with van der Waals surface area (Å²) in [6.45, 7) is 2.49. The summed E-state index contributed by atoms with van der Waals surface area (Å²) in [5.74, 6) is -0.879. The number of amides is 2. The van der Waals surface area contributed by atoms with Gasteiger partial charge in [0.25, 0.3) is 0 Å². The highest BCUT2D eigenvalue weighted by atomic mass is 16.5. The molecular weight excluding hydrogens is 260 g/mol. The molecule has 1 fully saturated rings. The molecule has 0 aliphatic heterocycles. The summed E-state index contributed by atoms with van der Waals surface area (Å²) in [6.07, 6.45) is 0.745. The molecule has 1 aromatic rings. The first-order valence-electron chi connectivity index (χ1n) is 6.49. The van der Waals surface area contributed by atoms with Crippen LogP contribution in [0, 0.1) is 11.3 Å². The van der Waals surface area contributed by atoms with Crippen molar-refractivity contribution in [3.05, 3.63) is 29.8 Å². The van der Waals surface area contributed by atoms with Crippen LogP contribution in [0.2, 0.25) is 0 Å². The third-order valence-electron chi connectivity index (χ3n) is 3.75. The number of carbonyl (C=O) groups excluding carboxylic acids is 2. The maximum atomic E-state index is 11.6. The molecule has 0 bridgehead atoms. The average molecular weight is 278 g/mol. The van der Waals surface area contributed by atoms with Crippen molar-refractivity contribution in [1.29, 1.82) is 0 Å². The Hall–Kier alpha value is -2.08. The van der Waals surface area contributed by atoms with Crippen molar-refractivity contribution < 1.29 is 19.5 Å². The first-order valence-corrected chi connectivity index (χ1v) is 6.49. The van der Waals surface area contributed by atoms with E-state index in [9.17, 15) is 9.59 Å². The maximum absolute atomic E-state index is 11.6. The molecule has 0 heterocycles. The van der Waals surface area contributed by atoms with E-state index in [0.29, 0.717) is 19.4 Å². The van der Waals surface area contributed by atoms with Gasteiger partial charge in [0.1, 0.15) is 5.75 Å².